The number of para-hydroxylation sites is 1. The Hall–Kier alpha value is -5.18. The third-order valence-electron chi connectivity index (χ3n) is 6.63. The summed E-state index contributed by atoms with van der Waals surface area (Å²) in [6.45, 7) is -0.157. The number of nitro groups is 1. The summed E-state index contributed by atoms with van der Waals surface area (Å²) < 4.78 is 11.4. The normalized spacial score (nSPS) is 13.8. The Morgan fingerprint density at radius 1 is 0.974 bits per heavy atom. The van der Waals surface area contributed by atoms with Gasteiger partial charge in [-0.2, -0.15) is 0 Å². The van der Waals surface area contributed by atoms with Crippen molar-refractivity contribution in [2.75, 3.05) is 0 Å². The predicted molar refractivity (Wildman–Crippen MR) is 145 cm³/mol. The van der Waals surface area contributed by atoms with E-state index in [9.17, 15) is 14.9 Å². The van der Waals surface area contributed by atoms with Crippen LogP contribution in [-0.2, 0) is 17.8 Å². The molecule has 0 N–H and O–H groups in total. The second-order valence-electron chi connectivity index (χ2n) is 9.15. The van der Waals surface area contributed by atoms with E-state index >= 15 is 0 Å². The van der Waals surface area contributed by atoms with Crippen LogP contribution in [0.2, 0.25) is 0 Å². The second-order valence-corrected chi connectivity index (χ2v) is 9.15. The summed E-state index contributed by atoms with van der Waals surface area (Å²) in [5.41, 5.74) is 5.35. The summed E-state index contributed by atoms with van der Waals surface area (Å²) in [5, 5.41) is 19.8. The maximum absolute atomic E-state index is 13.5. The number of esters is 1. The Labute approximate surface area is 222 Å². The van der Waals surface area contributed by atoms with E-state index < -0.39 is 10.9 Å². The fourth-order valence-electron chi connectivity index (χ4n) is 4.81. The van der Waals surface area contributed by atoms with Gasteiger partial charge in [-0.05, 0) is 72.4 Å². The molecule has 1 aliphatic rings. The summed E-state index contributed by atoms with van der Waals surface area (Å²) >= 11 is 0. The molecule has 0 unspecified atom stereocenters. The molecule has 6 rings (SSSR count). The molecule has 0 radical (unpaired) electrons. The van der Waals surface area contributed by atoms with Gasteiger partial charge in [0.15, 0.2) is 6.61 Å². The van der Waals surface area contributed by atoms with Crippen LogP contribution in [0.1, 0.15) is 45.9 Å². The largest absolute Gasteiger partial charge is 0.452 e. The van der Waals surface area contributed by atoms with Gasteiger partial charge in [-0.25, -0.2) is 9.78 Å². The molecule has 0 amide bonds. The predicted octanol–water partition coefficient (Wildman–Crippen LogP) is 6.43. The minimum absolute atomic E-state index is 0.0347. The number of hydrogen-bond acceptors (Lipinski definition) is 8. The van der Waals surface area contributed by atoms with E-state index in [1.165, 1.54) is 12.1 Å². The zero-order chi connectivity index (χ0) is 26.8. The third-order valence-corrected chi connectivity index (χ3v) is 6.63. The fraction of sp³-hybridized carbons (Fsp3) is 0.133. The van der Waals surface area contributed by atoms with Crippen molar-refractivity contribution in [3.05, 3.63) is 117 Å². The zero-order valence-corrected chi connectivity index (χ0v) is 20.7. The first-order valence-electron chi connectivity index (χ1n) is 12.5. The molecule has 0 fully saturated rings. The average Bonchev–Trinajstić information content (AvgIpc) is 3.45. The Kier molecular flexibility index (Phi) is 6.38. The highest BCUT2D eigenvalue weighted by molar-refractivity contribution is 6.06. The summed E-state index contributed by atoms with van der Waals surface area (Å²) in [7, 11) is 0. The fourth-order valence-corrected chi connectivity index (χ4v) is 4.81. The molecule has 0 bridgehead atoms. The van der Waals surface area contributed by atoms with Gasteiger partial charge in [-0.15, -0.1) is 10.2 Å². The highest BCUT2D eigenvalue weighted by Crippen LogP contribution is 2.36. The molecular formula is C30H22N4O5. The molecule has 0 atom stereocenters. The van der Waals surface area contributed by atoms with Crippen molar-refractivity contribution in [1.29, 1.82) is 0 Å². The van der Waals surface area contributed by atoms with Crippen molar-refractivity contribution in [2.45, 2.75) is 25.9 Å². The third kappa shape index (κ3) is 4.89. The number of carbonyl (C=O) groups is 1. The highest BCUT2D eigenvalue weighted by Gasteiger charge is 2.26. The number of ether oxygens (including phenoxy) is 1. The molecule has 0 saturated heterocycles. The maximum atomic E-state index is 13.5. The number of rotatable bonds is 6. The molecule has 2 heterocycles. The summed E-state index contributed by atoms with van der Waals surface area (Å²) in [5.74, 6) is 0.0727. The monoisotopic (exact) mass is 518 g/mol. The van der Waals surface area contributed by atoms with Crippen LogP contribution >= 0.6 is 0 Å². The molecule has 0 saturated carbocycles. The van der Waals surface area contributed by atoms with E-state index in [1.807, 2.05) is 60.7 Å². The summed E-state index contributed by atoms with van der Waals surface area (Å²) in [4.78, 5) is 29.0. The van der Waals surface area contributed by atoms with Gasteiger partial charge < -0.3 is 9.15 Å². The second kappa shape index (κ2) is 10.3. The molecule has 9 heteroatoms. The minimum Gasteiger partial charge on any atom is -0.452 e. The van der Waals surface area contributed by atoms with Crippen molar-refractivity contribution in [3.63, 3.8) is 0 Å². The quantitative estimate of drug-likeness (QED) is 0.143. The number of pyridine rings is 1. The molecule has 192 valence electrons. The van der Waals surface area contributed by atoms with E-state index in [0.29, 0.717) is 28.8 Å². The number of non-ortho nitro benzene ring substituents is 1. The lowest BCUT2D eigenvalue weighted by Crippen LogP contribution is -2.15. The molecule has 0 spiro atoms. The van der Waals surface area contributed by atoms with Crippen molar-refractivity contribution >= 4 is 34.2 Å². The number of nitrogens with zero attached hydrogens (tertiary/aromatic N) is 4. The number of aromatic nitrogens is 3. The molecule has 5 aromatic rings. The van der Waals surface area contributed by atoms with Crippen LogP contribution in [0, 0.1) is 10.1 Å². The smallest absolute Gasteiger partial charge is 0.339 e. The van der Waals surface area contributed by atoms with Crippen molar-refractivity contribution in [2.24, 2.45) is 0 Å². The van der Waals surface area contributed by atoms with Gasteiger partial charge in [0, 0.05) is 23.1 Å². The Morgan fingerprint density at radius 2 is 1.74 bits per heavy atom. The van der Waals surface area contributed by atoms with Gasteiger partial charge in [-0.3, -0.25) is 10.1 Å². The molecule has 9 nitrogen and oxygen atoms in total. The van der Waals surface area contributed by atoms with Crippen LogP contribution in [0.3, 0.4) is 0 Å². The maximum Gasteiger partial charge on any atom is 0.339 e. The zero-order valence-electron chi connectivity index (χ0n) is 20.7. The SMILES string of the molecule is O=C(OCc1nnc(-c2ccccc2)o1)c1c2c(nc3ccccc13)/C(=C/c1ccc([N+](=O)[O-])cc1)CCC2. The highest BCUT2D eigenvalue weighted by atomic mass is 16.6. The van der Waals surface area contributed by atoms with E-state index in [4.69, 9.17) is 14.1 Å². The Morgan fingerprint density at radius 3 is 2.54 bits per heavy atom. The lowest BCUT2D eigenvalue weighted by molar-refractivity contribution is -0.384. The van der Waals surface area contributed by atoms with E-state index in [2.05, 4.69) is 10.2 Å². The van der Waals surface area contributed by atoms with Gasteiger partial charge in [0.2, 0.25) is 5.89 Å². The Balaban J connectivity index is 1.33. The number of carbonyl (C=O) groups excluding carboxylic acids is 1. The van der Waals surface area contributed by atoms with Crippen molar-refractivity contribution < 1.29 is 18.9 Å². The van der Waals surface area contributed by atoms with Gasteiger partial charge in [-0.1, -0.05) is 36.4 Å². The van der Waals surface area contributed by atoms with Gasteiger partial charge in [0.25, 0.3) is 11.6 Å². The van der Waals surface area contributed by atoms with E-state index in [0.717, 1.165) is 40.8 Å². The van der Waals surface area contributed by atoms with Crippen LogP contribution in [0.4, 0.5) is 5.69 Å². The lowest BCUT2D eigenvalue weighted by atomic mass is 9.86. The average molecular weight is 519 g/mol. The number of allylic oxidation sites excluding steroid dienone is 1. The number of benzene rings is 3. The van der Waals surface area contributed by atoms with Gasteiger partial charge >= 0.3 is 5.97 Å². The molecule has 3 aromatic carbocycles. The molecule has 2 aromatic heterocycles. The van der Waals surface area contributed by atoms with Crippen LogP contribution < -0.4 is 0 Å². The topological polar surface area (TPSA) is 121 Å². The first kappa shape index (κ1) is 24.2. The van der Waals surface area contributed by atoms with Gasteiger partial charge in [0.1, 0.15) is 0 Å². The van der Waals surface area contributed by atoms with Crippen molar-refractivity contribution in [3.8, 4) is 11.5 Å². The lowest BCUT2D eigenvalue weighted by Gasteiger charge is -2.22. The van der Waals surface area contributed by atoms with Gasteiger partial charge in [0.05, 0.1) is 21.7 Å². The molecular weight excluding hydrogens is 496 g/mol. The molecule has 1 aliphatic carbocycles. The number of fused-ring (bicyclic) bond motifs is 2. The van der Waals surface area contributed by atoms with Crippen LogP contribution in [0.5, 0.6) is 0 Å². The van der Waals surface area contributed by atoms with Crippen LogP contribution in [-0.4, -0.2) is 26.1 Å². The summed E-state index contributed by atoms with van der Waals surface area (Å²) in [6.07, 6.45) is 4.25. The summed E-state index contributed by atoms with van der Waals surface area (Å²) in [6, 6.07) is 23.2. The molecule has 39 heavy (non-hydrogen) atoms. The standard InChI is InChI=1S/C30H22N4O5/c35-30(38-18-26-32-33-29(39-26)20-7-2-1-3-8-20)27-23-10-4-5-12-25(23)31-28-21(9-6-11-24(27)28)17-19-13-15-22(16-14-19)34(36)37/h1-5,7-8,10,12-17H,6,9,11,18H2/b21-17+. The minimum atomic E-state index is -0.485. The van der Waals surface area contributed by atoms with Crippen molar-refractivity contribution in [1.82, 2.24) is 15.2 Å². The molecule has 0 aliphatic heterocycles. The van der Waals surface area contributed by atoms with Crippen LogP contribution in [0.15, 0.2) is 83.3 Å². The first-order valence-corrected chi connectivity index (χ1v) is 12.5. The number of hydrogen-bond donors (Lipinski definition) is 0. The van der Waals surface area contributed by atoms with E-state index in [1.54, 1.807) is 12.1 Å². The first-order chi connectivity index (χ1) is 19.1. The van der Waals surface area contributed by atoms with E-state index in [-0.39, 0.29) is 18.2 Å². The Bertz CT molecular complexity index is 1730. The van der Waals surface area contributed by atoms with Crippen LogP contribution in [0.25, 0.3) is 34.0 Å². The number of nitro benzene ring substituents is 1.